The number of nitrogens with zero attached hydrogens (tertiary/aromatic N) is 2. The Balaban J connectivity index is 2.23. The zero-order valence-corrected chi connectivity index (χ0v) is 7.58. The van der Waals surface area contributed by atoms with E-state index in [1.54, 1.807) is 11.2 Å². The summed E-state index contributed by atoms with van der Waals surface area (Å²) in [6.07, 6.45) is 2.01. The molecule has 72 valence electrons. The lowest BCUT2D eigenvalue weighted by Gasteiger charge is -2.21. The standard InChI is InChI=1S/C10H11N3O/c11-10-8(7-14)6-12-13(10)9-4-2-1-3-5-9/h1-8,10H,11H2. The first kappa shape index (κ1) is 8.90. The van der Waals surface area contributed by atoms with Crippen LogP contribution in [0.5, 0.6) is 0 Å². The van der Waals surface area contributed by atoms with Crippen LogP contribution in [0.2, 0.25) is 0 Å². The number of anilines is 1. The molecule has 14 heavy (non-hydrogen) atoms. The van der Waals surface area contributed by atoms with Crippen LogP contribution in [0.1, 0.15) is 0 Å². The van der Waals surface area contributed by atoms with Gasteiger partial charge in [0.15, 0.2) is 0 Å². The van der Waals surface area contributed by atoms with Crippen LogP contribution < -0.4 is 10.7 Å². The molecule has 0 amide bonds. The van der Waals surface area contributed by atoms with Crippen molar-refractivity contribution >= 4 is 18.2 Å². The third-order valence-corrected chi connectivity index (χ3v) is 2.22. The quantitative estimate of drug-likeness (QED) is 0.693. The van der Waals surface area contributed by atoms with E-state index in [-0.39, 0.29) is 12.1 Å². The number of para-hydroxylation sites is 1. The minimum Gasteiger partial charge on any atom is -0.309 e. The maximum Gasteiger partial charge on any atom is 0.131 e. The molecule has 4 nitrogen and oxygen atoms in total. The number of nitrogens with two attached hydrogens (primary N) is 1. The number of rotatable bonds is 2. The lowest BCUT2D eigenvalue weighted by Crippen LogP contribution is -2.40. The minimum atomic E-state index is -0.380. The lowest BCUT2D eigenvalue weighted by atomic mass is 10.1. The summed E-state index contributed by atoms with van der Waals surface area (Å²) in [5.74, 6) is -0.310. The van der Waals surface area contributed by atoms with Gasteiger partial charge in [-0.2, -0.15) is 5.10 Å². The highest BCUT2D eigenvalue weighted by Gasteiger charge is 2.27. The Morgan fingerprint density at radius 1 is 1.36 bits per heavy atom. The molecule has 0 spiro atoms. The summed E-state index contributed by atoms with van der Waals surface area (Å²) >= 11 is 0. The number of hydrazone groups is 1. The Morgan fingerprint density at radius 3 is 2.64 bits per heavy atom. The molecule has 0 aromatic heterocycles. The Hall–Kier alpha value is -1.68. The van der Waals surface area contributed by atoms with Gasteiger partial charge in [0.25, 0.3) is 0 Å². The monoisotopic (exact) mass is 189 g/mol. The normalized spacial score (nSPS) is 25.4. The van der Waals surface area contributed by atoms with Crippen molar-refractivity contribution < 1.29 is 4.79 Å². The Morgan fingerprint density at radius 2 is 2.07 bits per heavy atom. The molecule has 1 aliphatic heterocycles. The number of hydrogen-bond acceptors (Lipinski definition) is 4. The molecule has 1 aromatic rings. The molecule has 1 aliphatic rings. The van der Waals surface area contributed by atoms with Crippen molar-refractivity contribution in [3.63, 3.8) is 0 Å². The van der Waals surface area contributed by atoms with Crippen molar-refractivity contribution in [1.82, 2.24) is 0 Å². The molecule has 0 aliphatic carbocycles. The first-order valence-electron chi connectivity index (χ1n) is 4.42. The van der Waals surface area contributed by atoms with E-state index in [0.717, 1.165) is 12.0 Å². The number of benzene rings is 1. The van der Waals surface area contributed by atoms with Crippen LogP contribution >= 0.6 is 0 Å². The molecule has 0 saturated heterocycles. The van der Waals surface area contributed by atoms with Crippen molar-refractivity contribution in [2.75, 3.05) is 5.01 Å². The Bertz CT molecular complexity index is 350. The van der Waals surface area contributed by atoms with Crippen molar-refractivity contribution in [2.24, 2.45) is 16.8 Å². The van der Waals surface area contributed by atoms with Gasteiger partial charge in [-0.05, 0) is 12.1 Å². The summed E-state index contributed by atoms with van der Waals surface area (Å²) < 4.78 is 0. The highest BCUT2D eigenvalue weighted by Crippen LogP contribution is 2.21. The third-order valence-electron chi connectivity index (χ3n) is 2.22. The smallest absolute Gasteiger partial charge is 0.131 e. The molecule has 0 saturated carbocycles. The molecule has 0 bridgehead atoms. The van der Waals surface area contributed by atoms with Crippen LogP contribution in [-0.2, 0) is 4.79 Å². The summed E-state index contributed by atoms with van der Waals surface area (Å²) in [5.41, 5.74) is 6.74. The maximum atomic E-state index is 10.6. The molecular formula is C10H11N3O. The summed E-state index contributed by atoms with van der Waals surface area (Å²) in [6, 6.07) is 9.55. The highest BCUT2D eigenvalue weighted by molar-refractivity contribution is 5.85. The van der Waals surface area contributed by atoms with Crippen molar-refractivity contribution in [1.29, 1.82) is 0 Å². The van der Waals surface area contributed by atoms with Gasteiger partial charge in [0.2, 0.25) is 0 Å². The van der Waals surface area contributed by atoms with Crippen LogP contribution in [-0.4, -0.2) is 18.7 Å². The van der Waals surface area contributed by atoms with E-state index in [0.29, 0.717) is 0 Å². The van der Waals surface area contributed by atoms with Gasteiger partial charge in [-0.3, -0.25) is 0 Å². The maximum absolute atomic E-state index is 10.6. The summed E-state index contributed by atoms with van der Waals surface area (Å²) in [5, 5.41) is 5.74. The van der Waals surface area contributed by atoms with Gasteiger partial charge in [-0.1, -0.05) is 18.2 Å². The number of hydrogen-bond donors (Lipinski definition) is 1. The average Bonchev–Trinajstić information content (AvgIpc) is 2.61. The van der Waals surface area contributed by atoms with Crippen LogP contribution in [0.3, 0.4) is 0 Å². The van der Waals surface area contributed by atoms with Gasteiger partial charge in [-0.25, -0.2) is 5.01 Å². The van der Waals surface area contributed by atoms with Crippen molar-refractivity contribution in [3.05, 3.63) is 30.3 Å². The largest absolute Gasteiger partial charge is 0.309 e. The topological polar surface area (TPSA) is 58.7 Å². The summed E-state index contributed by atoms with van der Waals surface area (Å²) in [4.78, 5) is 10.6. The van der Waals surface area contributed by atoms with Crippen molar-refractivity contribution in [2.45, 2.75) is 6.17 Å². The molecule has 2 N–H and O–H groups in total. The molecule has 0 fully saturated rings. The van der Waals surface area contributed by atoms with E-state index < -0.39 is 0 Å². The average molecular weight is 189 g/mol. The predicted octanol–water partition coefficient (Wildman–Crippen LogP) is 0.592. The number of carbonyl (C=O) groups is 1. The molecule has 2 unspecified atom stereocenters. The van der Waals surface area contributed by atoms with Gasteiger partial charge >= 0.3 is 0 Å². The second kappa shape index (κ2) is 3.59. The summed E-state index contributed by atoms with van der Waals surface area (Å²) in [7, 11) is 0. The molecular weight excluding hydrogens is 178 g/mol. The first-order chi connectivity index (χ1) is 6.83. The first-order valence-corrected chi connectivity index (χ1v) is 4.42. The SMILES string of the molecule is NC1C(C=O)C=NN1c1ccccc1. The molecule has 1 heterocycles. The highest BCUT2D eigenvalue weighted by atomic mass is 16.1. The lowest BCUT2D eigenvalue weighted by molar-refractivity contribution is -0.109. The van der Waals surface area contributed by atoms with E-state index in [2.05, 4.69) is 5.10 Å². The van der Waals surface area contributed by atoms with Gasteiger partial charge in [0.1, 0.15) is 12.5 Å². The Labute approximate surface area is 82.0 Å². The number of aldehydes is 1. The van der Waals surface area contributed by atoms with Crippen molar-refractivity contribution in [3.8, 4) is 0 Å². The van der Waals surface area contributed by atoms with Crippen LogP contribution in [0, 0.1) is 5.92 Å². The molecule has 2 atom stereocenters. The van der Waals surface area contributed by atoms with E-state index in [1.165, 1.54) is 0 Å². The molecule has 0 radical (unpaired) electrons. The van der Waals surface area contributed by atoms with E-state index in [4.69, 9.17) is 5.73 Å². The predicted molar refractivity (Wildman–Crippen MR) is 54.9 cm³/mol. The Kier molecular flexibility index (Phi) is 2.28. The van der Waals surface area contributed by atoms with E-state index in [1.807, 2.05) is 30.3 Å². The van der Waals surface area contributed by atoms with Crippen LogP contribution in [0.15, 0.2) is 35.4 Å². The zero-order chi connectivity index (χ0) is 9.97. The second-order valence-electron chi connectivity index (χ2n) is 3.15. The van der Waals surface area contributed by atoms with Crippen LogP contribution in [0.4, 0.5) is 5.69 Å². The summed E-state index contributed by atoms with van der Waals surface area (Å²) in [6.45, 7) is 0. The fourth-order valence-electron chi connectivity index (χ4n) is 1.41. The van der Waals surface area contributed by atoms with Gasteiger partial charge in [0, 0.05) is 6.21 Å². The van der Waals surface area contributed by atoms with E-state index in [9.17, 15) is 4.79 Å². The third kappa shape index (κ3) is 1.40. The molecule has 4 heteroatoms. The molecule has 2 rings (SSSR count). The number of carbonyl (C=O) groups excluding carboxylic acids is 1. The van der Waals surface area contributed by atoms with Gasteiger partial charge in [0.05, 0.1) is 11.6 Å². The molecule has 1 aromatic carbocycles. The fourth-order valence-corrected chi connectivity index (χ4v) is 1.41. The van der Waals surface area contributed by atoms with E-state index >= 15 is 0 Å². The van der Waals surface area contributed by atoms with Gasteiger partial charge in [-0.15, -0.1) is 0 Å². The van der Waals surface area contributed by atoms with Crippen LogP contribution in [0.25, 0.3) is 0 Å². The second-order valence-corrected chi connectivity index (χ2v) is 3.15. The van der Waals surface area contributed by atoms with Gasteiger partial charge < -0.3 is 10.5 Å². The zero-order valence-electron chi connectivity index (χ0n) is 7.58. The minimum absolute atomic E-state index is 0.310. The fraction of sp³-hybridized carbons (Fsp3) is 0.200.